The van der Waals surface area contributed by atoms with Crippen molar-refractivity contribution < 1.29 is 4.74 Å². The first-order chi connectivity index (χ1) is 7.68. The summed E-state index contributed by atoms with van der Waals surface area (Å²) in [4.78, 5) is 6.13. The van der Waals surface area contributed by atoms with E-state index in [9.17, 15) is 0 Å². The fourth-order valence-corrected chi connectivity index (χ4v) is 1.99. The summed E-state index contributed by atoms with van der Waals surface area (Å²) in [7, 11) is 0. The highest BCUT2D eigenvalue weighted by molar-refractivity contribution is 6.37. The van der Waals surface area contributed by atoms with E-state index >= 15 is 0 Å². The average Bonchev–Trinajstić information content (AvgIpc) is 2.76. The third kappa shape index (κ3) is 2.42. The summed E-state index contributed by atoms with van der Waals surface area (Å²) in [6.07, 6.45) is 1.67. The van der Waals surface area contributed by atoms with Gasteiger partial charge in [0.25, 0.3) is 0 Å². The topological polar surface area (TPSA) is 24.8 Å². The highest BCUT2D eigenvalue weighted by atomic mass is 35.5. The van der Waals surface area contributed by atoms with E-state index in [2.05, 4.69) is 4.99 Å². The highest BCUT2D eigenvalue weighted by Crippen LogP contribution is 2.33. The Morgan fingerprint density at radius 3 is 2.62 bits per heavy atom. The molecule has 0 saturated carbocycles. The molecule has 1 atom stereocenters. The minimum atomic E-state index is -0.122. The predicted octanol–water partition coefficient (Wildman–Crippen LogP) is 3.06. The van der Waals surface area contributed by atoms with Gasteiger partial charge in [-0.2, -0.15) is 0 Å². The molecule has 0 radical (unpaired) electrons. The fourth-order valence-electron chi connectivity index (χ4n) is 1.50. The van der Waals surface area contributed by atoms with E-state index < -0.39 is 0 Å². The Morgan fingerprint density at radius 2 is 2.06 bits per heavy atom. The van der Waals surface area contributed by atoms with E-state index in [1.54, 1.807) is 24.5 Å². The SMILES string of the molecule is CC(Oc1c(Cl)cccc1Cl)N1C=NCC1. The molecule has 0 aliphatic carbocycles. The van der Waals surface area contributed by atoms with E-state index in [1.165, 1.54) is 0 Å². The third-order valence-electron chi connectivity index (χ3n) is 2.39. The van der Waals surface area contributed by atoms with Crippen LogP contribution in [0, 0.1) is 0 Å². The quantitative estimate of drug-likeness (QED) is 0.833. The van der Waals surface area contributed by atoms with Gasteiger partial charge in [-0.3, -0.25) is 4.99 Å². The molecule has 0 amide bonds. The lowest BCUT2D eigenvalue weighted by Crippen LogP contribution is -2.34. The molecule has 1 aromatic rings. The summed E-state index contributed by atoms with van der Waals surface area (Å²) >= 11 is 12.0. The van der Waals surface area contributed by atoms with Gasteiger partial charge < -0.3 is 9.64 Å². The molecule has 0 fully saturated rings. The maximum absolute atomic E-state index is 6.02. The molecule has 0 aromatic heterocycles. The smallest absolute Gasteiger partial charge is 0.170 e. The molecule has 0 bridgehead atoms. The number of benzene rings is 1. The number of rotatable bonds is 3. The first kappa shape index (κ1) is 11.6. The van der Waals surface area contributed by atoms with Crippen molar-refractivity contribution in [2.45, 2.75) is 13.2 Å². The number of hydrogen-bond acceptors (Lipinski definition) is 3. The fraction of sp³-hybridized carbons (Fsp3) is 0.364. The van der Waals surface area contributed by atoms with Crippen molar-refractivity contribution in [3.63, 3.8) is 0 Å². The Hall–Kier alpha value is -0.930. The lowest BCUT2D eigenvalue weighted by Gasteiger charge is -2.24. The molecule has 3 nitrogen and oxygen atoms in total. The second-order valence-corrected chi connectivity index (χ2v) is 4.34. The first-order valence-electron chi connectivity index (χ1n) is 5.05. The number of hydrogen-bond donors (Lipinski definition) is 0. The third-order valence-corrected chi connectivity index (χ3v) is 2.99. The van der Waals surface area contributed by atoms with Crippen LogP contribution in [-0.2, 0) is 0 Å². The Balaban J connectivity index is 2.11. The molecule has 16 heavy (non-hydrogen) atoms. The van der Waals surface area contributed by atoms with Crippen LogP contribution in [0.2, 0.25) is 10.0 Å². The molecule has 1 aliphatic heterocycles. The number of halogens is 2. The average molecular weight is 259 g/mol. The van der Waals surface area contributed by atoms with Crippen LogP contribution < -0.4 is 4.74 Å². The second-order valence-electron chi connectivity index (χ2n) is 3.53. The Bertz CT molecular complexity index is 389. The van der Waals surface area contributed by atoms with Gasteiger partial charge in [-0.05, 0) is 19.1 Å². The normalized spacial score (nSPS) is 16.6. The minimum absolute atomic E-state index is 0.122. The number of ether oxygens (including phenoxy) is 1. The zero-order valence-corrected chi connectivity index (χ0v) is 10.4. The van der Waals surface area contributed by atoms with Crippen LogP contribution in [0.5, 0.6) is 5.75 Å². The molecule has 1 aliphatic rings. The Labute approximate surface area is 105 Å². The van der Waals surface area contributed by atoms with Crippen molar-refractivity contribution in [1.29, 1.82) is 0 Å². The van der Waals surface area contributed by atoms with E-state index in [4.69, 9.17) is 27.9 Å². The van der Waals surface area contributed by atoms with Gasteiger partial charge in [-0.25, -0.2) is 0 Å². The van der Waals surface area contributed by atoms with E-state index in [-0.39, 0.29) is 6.23 Å². The van der Waals surface area contributed by atoms with Crippen LogP contribution in [0.4, 0.5) is 0 Å². The summed E-state index contributed by atoms with van der Waals surface area (Å²) in [5, 5.41) is 1.05. The second kappa shape index (κ2) is 4.93. The lowest BCUT2D eigenvalue weighted by molar-refractivity contribution is 0.106. The van der Waals surface area contributed by atoms with Crippen molar-refractivity contribution in [3.8, 4) is 5.75 Å². The molecule has 86 valence electrons. The van der Waals surface area contributed by atoms with Gasteiger partial charge in [0.05, 0.1) is 22.9 Å². The number of aliphatic imine (C=N–C) groups is 1. The summed E-state index contributed by atoms with van der Waals surface area (Å²) < 4.78 is 5.73. The molecule has 0 saturated heterocycles. The van der Waals surface area contributed by atoms with Gasteiger partial charge in [0.2, 0.25) is 0 Å². The first-order valence-corrected chi connectivity index (χ1v) is 5.80. The van der Waals surface area contributed by atoms with Crippen molar-refractivity contribution in [2.24, 2.45) is 4.99 Å². The summed E-state index contributed by atoms with van der Waals surface area (Å²) in [6, 6.07) is 5.31. The van der Waals surface area contributed by atoms with Crippen molar-refractivity contribution in [2.75, 3.05) is 13.1 Å². The molecular weight excluding hydrogens is 247 g/mol. The van der Waals surface area contributed by atoms with Gasteiger partial charge >= 0.3 is 0 Å². The van der Waals surface area contributed by atoms with Gasteiger partial charge in [-0.15, -0.1) is 0 Å². The molecule has 1 aromatic carbocycles. The number of nitrogens with zero attached hydrogens (tertiary/aromatic N) is 2. The van der Waals surface area contributed by atoms with Crippen LogP contribution in [0.3, 0.4) is 0 Å². The van der Waals surface area contributed by atoms with Crippen LogP contribution in [-0.4, -0.2) is 30.6 Å². The standard InChI is InChI=1S/C11H12Cl2N2O/c1-8(15-6-5-14-7-15)16-11-9(12)3-2-4-10(11)13/h2-4,7-8H,5-6H2,1H3. The lowest BCUT2D eigenvalue weighted by atomic mass is 10.3. The Morgan fingerprint density at radius 1 is 1.38 bits per heavy atom. The molecule has 0 spiro atoms. The minimum Gasteiger partial charge on any atom is -0.468 e. The zero-order chi connectivity index (χ0) is 11.5. The maximum Gasteiger partial charge on any atom is 0.170 e. The zero-order valence-electron chi connectivity index (χ0n) is 8.86. The van der Waals surface area contributed by atoms with Crippen LogP contribution in [0.25, 0.3) is 0 Å². The van der Waals surface area contributed by atoms with Crippen molar-refractivity contribution in [1.82, 2.24) is 4.90 Å². The Kier molecular flexibility index (Phi) is 3.56. The van der Waals surface area contributed by atoms with Gasteiger partial charge in [0.15, 0.2) is 12.0 Å². The van der Waals surface area contributed by atoms with Crippen LogP contribution in [0.15, 0.2) is 23.2 Å². The molecule has 1 heterocycles. The highest BCUT2D eigenvalue weighted by Gasteiger charge is 2.17. The molecular formula is C11H12Cl2N2O. The summed E-state index contributed by atoms with van der Waals surface area (Å²) in [5.74, 6) is 0.527. The van der Waals surface area contributed by atoms with E-state index in [0.29, 0.717) is 15.8 Å². The monoisotopic (exact) mass is 258 g/mol. The largest absolute Gasteiger partial charge is 0.468 e. The predicted molar refractivity (Wildman–Crippen MR) is 66.6 cm³/mol. The van der Waals surface area contributed by atoms with Crippen molar-refractivity contribution in [3.05, 3.63) is 28.2 Å². The van der Waals surface area contributed by atoms with Crippen molar-refractivity contribution >= 4 is 29.5 Å². The van der Waals surface area contributed by atoms with Crippen LogP contribution in [0.1, 0.15) is 6.92 Å². The van der Waals surface area contributed by atoms with Gasteiger partial charge in [-0.1, -0.05) is 29.3 Å². The maximum atomic E-state index is 6.02. The van der Waals surface area contributed by atoms with E-state index in [0.717, 1.165) is 13.1 Å². The molecule has 1 unspecified atom stereocenters. The van der Waals surface area contributed by atoms with Crippen LogP contribution >= 0.6 is 23.2 Å². The van der Waals surface area contributed by atoms with Gasteiger partial charge in [0, 0.05) is 6.54 Å². The number of para-hydroxylation sites is 1. The molecule has 0 N–H and O–H groups in total. The summed E-state index contributed by atoms with van der Waals surface area (Å²) in [5.41, 5.74) is 0. The molecule has 5 heteroatoms. The molecule has 2 rings (SSSR count). The van der Waals surface area contributed by atoms with Gasteiger partial charge in [0.1, 0.15) is 0 Å². The van der Waals surface area contributed by atoms with E-state index in [1.807, 2.05) is 11.8 Å². The summed E-state index contributed by atoms with van der Waals surface area (Å²) in [6.45, 7) is 3.62.